The van der Waals surface area contributed by atoms with Gasteiger partial charge in [0.05, 0.1) is 11.6 Å². The molecule has 4 rings (SSSR count). The number of nitrogens with zero attached hydrogens (tertiary/aromatic N) is 1. The van der Waals surface area contributed by atoms with Crippen molar-refractivity contribution in [2.24, 2.45) is 5.92 Å². The number of rotatable bonds is 4. The first-order valence-electron chi connectivity index (χ1n) is 9.24. The maximum atomic E-state index is 12.6. The van der Waals surface area contributed by atoms with Crippen LogP contribution in [-0.2, 0) is 20.9 Å². The first-order chi connectivity index (χ1) is 13.5. The van der Waals surface area contributed by atoms with Gasteiger partial charge in [-0.25, -0.2) is 0 Å². The van der Waals surface area contributed by atoms with Crippen molar-refractivity contribution >= 4 is 29.1 Å². The fraction of sp³-hybridized carbons (Fsp3) is 0.286. The summed E-state index contributed by atoms with van der Waals surface area (Å²) in [6.45, 7) is 2.57. The fourth-order valence-corrected chi connectivity index (χ4v) is 3.44. The van der Waals surface area contributed by atoms with Gasteiger partial charge in [0.15, 0.2) is 6.10 Å². The normalized spacial score (nSPS) is 21.0. The topological polar surface area (TPSA) is 87.7 Å². The number of hydrogen-bond donors (Lipinski definition) is 2. The number of likely N-dealkylation sites (tertiary alicyclic amines) is 1. The highest BCUT2D eigenvalue weighted by Gasteiger charge is 2.34. The summed E-state index contributed by atoms with van der Waals surface area (Å²) < 4.78 is 5.51. The van der Waals surface area contributed by atoms with Gasteiger partial charge in [-0.3, -0.25) is 14.4 Å². The highest BCUT2D eigenvalue weighted by molar-refractivity contribution is 6.00. The molecule has 2 atom stereocenters. The predicted molar refractivity (Wildman–Crippen MR) is 104 cm³/mol. The average molecular weight is 379 g/mol. The summed E-state index contributed by atoms with van der Waals surface area (Å²) in [7, 11) is 0. The van der Waals surface area contributed by atoms with Gasteiger partial charge in [0.25, 0.3) is 5.91 Å². The van der Waals surface area contributed by atoms with Crippen molar-refractivity contribution in [3.8, 4) is 5.75 Å². The Bertz CT molecular complexity index is 929. The van der Waals surface area contributed by atoms with Gasteiger partial charge in [0, 0.05) is 25.2 Å². The van der Waals surface area contributed by atoms with Gasteiger partial charge < -0.3 is 20.3 Å². The van der Waals surface area contributed by atoms with Crippen molar-refractivity contribution in [3.05, 3.63) is 54.1 Å². The van der Waals surface area contributed by atoms with Crippen LogP contribution < -0.4 is 15.4 Å². The minimum Gasteiger partial charge on any atom is -0.479 e. The molecule has 28 heavy (non-hydrogen) atoms. The molecule has 0 aliphatic carbocycles. The van der Waals surface area contributed by atoms with Crippen LogP contribution in [0.25, 0.3) is 0 Å². The van der Waals surface area contributed by atoms with Gasteiger partial charge in [0.1, 0.15) is 5.75 Å². The van der Waals surface area contributed by atoms with Crippen molar-refractivity contribution < 1.29 is 19.1 Å². The molecule has 2 aromatic carbocycles. The fourth-order valence-electron chi connectivity index (χ4n) is 3.44. The van der Waals surface area contributed by atoms with Crippen LogP contribution >= 0.6 is 0 Å². The molecule has 2 aromatic rings. The lowest BCUT2D eigenvalue weighted by Crippen LogP contribution is -2.34. The van der Waals surface area contributed by atoms with Crippen molar-refractivity contribution in [2.45, 2.75) is 26.0 Å². The quantitative estimate of drug-likeness (QED) is 0.854. The highest BCUT2D eigenvalue weighted by atomic mass is 16.5. The number of fused-ring (bicyclic) bond motifs is 1. The molecule has 0 bridgehead atoms. The second kappa shape index (κ2) is 7.34. The van der Waals surface area contributed by atoms with E-state index in [1.807, 2.05) is 30.3 Å². The Morgan fingerprint density at radius 2 is 2.00 bits per heavy atom. The summed E-state index contributed by atoms with van der Waals surface area (Å²) in [5.74, 6) is -0.299. The number of ether oxygens (including phenoxy) is 1. The minimum absolute atomic E-state index is 0.0240. The molecule has 0 unspecified atom stereocenters. The summed E-state index contributed by atoms with van der Waals surface area (Å²) in [5.41, 5.74) is 2.11. The number of amides is 3. The molecule has 0 radical (unpaired) electrons. The van der Waals surface area contributed by atoms with Crippen molar-refractivity contribution in [1.29, 1.82) is 0 Å². The van der Waals surface area contributed by atoms with Crippen LogP contribution in [0.5, 0.6) is 5.75 Å². The molecule has 1 saturated heterocycles. The largest absolute Gasteiger partial charge is 0.479 e. The second-order valence-electron chi connectivity index (χ2n) is 7.11. The first-order valence-corrected chi connectivity index (χ1v) is 9.24. The Morgan fingerprint density at radius 3 is 2.79 bits per heavy atom. The van der Waals surface area contributed by atoms with Crippen molar-refractivity contribution in [1.82, 2.24) is 4.90 Å². The van der Waals surface area contributed by atoms with Crippen molar-refractivity contribution in [2.75, 3.05) is 17.2 Å². The number of benzene rings is 2. The van der Waals surface area contributed by atoms with Crippen LogP contribution in [0, 0.1) is 5.92 Å². The molecule has 144 valence electrons. The lowest BCUT2D eigenvalue weighted by Gasteiger charge is -2.24. The smallest absolute Gasteiger partial charge is 0.265 e. The van der Waals surface area contributed by atoms with Crippen LogP contribution in [0.3, 0.4) is 0 Å². The second-order valence-corrected chi connectivity index (χ2v) is 7.11. The van der Waals surface area contributed by atoms with E-state index in [2.05, 4.69) is 10.6 Å². The van der Waals surface area contributed by atoms with Crippen LogP contribution in [0.4, 0.5) is 11.4 Å². The highest BCUT2D eigenvalue weighted by Crippen LogP contribution is 2.32. The van der Waals surface area contributed by atoms with Crippen LogP contribution in [0.15, 0.2) is 48.5 Å². The van der Waals surface area contributed by atoms with E-state index in [0.29, 0.717) is 30.2 Å². The van der Waals surface area contributed by atoms with E-state index in [1.54, 1.807) is 30.0 Å². The van der Waals surface area contributed by atoms with Crippen LogP contribution in [0.1, 0.15) is 18.9 Å². The van der Waals surface area contributed by atoms with E-state index >= 15 is 0 Å². The SMILES string of the molecule is C[C@@H]1Oc2ccc(NC(=O)[C@H]3CC(=O)N(Cc4ccccc4)C3)cc2NC1=O. The predicted octanol–water partition coefficient (Wildman–Crippen LogP) is 2.39. The van der Waals surface area contributed by atoms with Gasteiger partial charge in [-0.05, 0) is 30.7 Å². The van der Waals surface area contributed by atoms with Gasteiger partial charge in [-0.2, -0.15) is 0 Å². The molecule has 2 aliphatic heterocycles. The molecule has 0 spiro atoms. The zero-order chi connectivity index (χ0) is 19.7. The standard InChI is InChI=1S/C21H21N3O4/c1-13-20(26)23-17-10-16(7-8-18(17)28-13)22-21(27)15-9-19(25)24(12-15)11-14-5-3-2-4-6-14/h2-8,10,13,15H,9,11-12H2,1H3,(H,22,27)(H,23,26)/t13-,15-/m0/s1. The summed E-state index contributed by atoms with van der Waals surface area (Å²) in [6, 6.07) is 14.8. The molecular weight excluding hydrogens is 358 g/mol. The number of hydrogen-bond acceptors (Lipinski definition) is 4. The van der Waals surface area contributed by atoms with E-state index in [0.717, 1.165) is 5.56 Å². The Morgan fingerprint density at radius 1 is 1.21 bits per heavy atom. The summed E-state index contributed by atoms with van der Waals surface area (Å²) in [5, 5.41) is 5.60. The number of carbonyl (C=O) groups excluding carboxylic acids is 3. The third-order valence-electron chi connectivity index (χ3n) is 4.98. The molecular formula is C21H21N3O4. The molecule has 7 heteroatoms. The molecule has 2 aliphatic rings. The molecule has 0 saturated carbocycles. The summed E-state index contributed by atoms with van der Waals surface area (Å²) in [4.78, 5) is 38.4. The van der Waals surface area contributed by atoms with E-state index < -0.39 is 12.0 Å². The lowest BCUT2D eigenvalue weighted by atomic mass is 10.1. The molecule has 2 heterocycles. The number of nitrogens with one attached hydrogen (secondary N) is 2. The Balaban J connectivity index is 1.40. The Kier molecular flexibility index (Phi) is 4.73. The monoisotopic (exact) mass is 379 g/mol. The van der Waals surface area contributed by atoms with Gasteiger partial charge in [-0.15, -0.1) is 0 Å². The molecule has 1 fully saturated rings. The number of anilines is 2. The minimum atomic E-state index is -0.548. The zero-order valence-corrected chi connectivity index (χ0v) is 15.5. The Hall–Kier alpha value is -3.35. The van der Waals surface area contributed by atoms with E-state index in [4.69, 9.17) is 4.74 Å². The average Bonchev–Trinajstić information content (AvgIpc) is 3.04. The van der Waals surface area contributed by atoms with E-state index in [1.165, 1.54) is 0 Å². The van der Waals surface area contributed by atoms with Crippen molar-refractivity contribution in [3.63, 3.8) is 0 Å². The maximum Gasteiger partial charge on any atom is 0.265 e. The van der Waals surface area contributed by atoms with Gasteiger partial charge in [0.2, 0.25) is 11.8 Å². The Labute approximate surface area is 162 Å². The lowest BCUT2D eigenvalue weighted by molar-refractivity contribution is -0.128. The van der Waals surface area contributed by atoms with E-state index in [9.17, 15) is 14.4 Å². The maximum absolute atomic E-state index is 12.6. The van der Waals surface area contributed by atoms with E-state index in [-0.39, 0.29) is 24.1 Å². The summed E-state index contributed by atoms with van der Waals surface area (Å²) in [6.07, 6.45) is -0.353. The molecule has 7 nitrogen and oxygen atoms in total. The van der Waals surface area contributed by atoms with Crippen LogP contribution in [-0.4, -0.2) is 35.3 Å². The third-order valence-corrected chi connectivity index (χ3v) is 4.98. The van der Waals surface area contributed by atoms with Crippen LogP contribution in [0.2, 0.25) is 0 Å². The zero-order valence-electron chi connectivity index (χ0n) is 15.5. The van der Waals surface area contributed by atoms with Gasteiger partial charge >= 0.3 is 0 Å². The molecule has 2 N–H and O–H groups in total. The number of carbonyl (C=O) groups is 3. The molecule has 3 amide bonds. The third kappa shape index (κ3) is 3.69. The first kappa shape index (κ1) is 18.0. The van der Waals surface area contributed by atoms with Gasteiger partial charge in [-0.1, -0.05) is 30.3 Å². The molecule has 0 aromatic heterocycles. The summed E-state index contributed by atoms with van der Waals surface area (Å²) >= 11 is 0.